The van der Waals surface area contributed by atoms with E-state index in [2.05, 4.69) is 4.98 Å². The van der Waals surface area contributed by atoms with Gasteiger partial charge in [0.05, 0.1) is 5.56 Å². The molecule has 21 heavy (non-hydrogen) atoms. The van der Waals surface area contributed by atoms with Crippen molar-refractivity contribution >= 4 is 22.6 Å². The lowest BCUT2D eigenvalue weighted by atomic mass is 9.96. The molecule has 0 spiro atoms. The lowest BCUT2D eigenvalue weighted by Crippen LogP contribution is -2.15. The van der Waals surface area contributed by atoms with Gasteiger partial charge in [0.25, 0.3) is 5.56 Å². The van der Waals surface area contributed by atoms with Crippen LogP contribution in [-0.4, -0.2) is 4.98 Å². The summed E-state index contributed by atoms with van der Waals surface area (Å²) in [6.07, 6.45) is -4.57. The van der Waals surface area contributed by atoms with Gasteiger partial charge in [-0.25, -0.2) is 0 Å². The molecule has 0 unspecified atom stereocenters. The van der Waals surface area contributed by atoms with Gasteiger partial charge in [-0.2, -0.15) is 18.4 Å². The monoisotopic (exact) mass is 404 g/mol. The van der Waals surface area contributed by atoms with Gasteiger partial charge < -0.3 is 4.98 Å². The molecule has 0 aliphatic heterocycles. The first kappa shape index (κ1) is 15.6. The van der Waals surface area contributed by atoms with Crippen molar-refractivity contribution in [3.05, 3.63) is 55.0 Å². The van der Waals surface area contributed by atoms with Gasteiger partial charge in [0, 0.05) is 14.8 Å². The summed E-state index contributed by atoms with van der Waals surface area (Å²) >= 11 is 1.78. The van der Waals surface area contributed by atoms with Gasteiger partial charge in [-0.1, -0.05) is 6.07 Å². The molecule has 0 saturated carbocycles. The van der Waals surface area contributed by atoms with Gasteiger partial charge in [-0.05, 0) is 53.3 Å². The fraction of sp³-hybridized carbons (Fsp3) is 0.143. The Hall–Kier alpha value is -1.82. The Morgan fingerprint density at radius 2 is 1.90 bits per heavy atom. The van der Waals surface area contributed by atoms with Crippen LogP contribution in [0.15, 0.2) is 29.1 Å². The molecule has 1 aromatic heterocycles. The Balaban J connectivity index is 2.87. The summed E-state index contributed by atoms with van der Waals surface area (Å²) in [6.45, 7) is 1.55. The number of nitrogens with zero attached hydrogens (tertiary/aromatic N) is 1. The van der Waals surface area contributed by atoms with E-state index in [9.17, 15) is 18.0 Å². The maximum Gasteiger partial charge on any atom is 0.417 e. The van der Waals surface area contributed by atoms with Crippen LogP contribution in [-0.2, 0) is 6.18 Å². The summed E-state index contributed by atoms with van der Waals surface area (Å²) in [5, 5.41) is 9.05. The van der Waals surface area contributed by atoms with Crippen LogP contribution in [0.25, 0.3) is 11.1 Å². The van der Waals surface area contributed by atoms with E-state index in [0.29, 0.717) is 9.26 Å². The average Bonchev–Trinajstić information content (AvgIpc) is 2.36. The zero-order valence-corrected chi connectivity index (χ0v) is 12.8. The van der Waals surface area contributed by atoms with Crippen molar-refractivity contribution in [2.24, 2.45) is 0 Å². The molecule has 1 aromatic carbocycles. The minimum Gasteiger partial charge on any atom is -0.325 e. The summed E-state index contributed by atoms with van der Waals surface area (Å²) in [7, 11) is 0. The lowest BCUT2D eigenvalue weighted by molar-refractivity contribution is -0.137. The molecular formula is C14H8F3IN2O. The first-order valence-electron chi connectivity index (χ1n) is 5.75. The standard InChI is InChI=1S/C14H8F3IN2O/c1-7-4-10(11(6-19)13(21)20-7)9-3-2-8(18)5-12(9)14(15,16)17/h2-5H,1H3,(H,20,21). The molecule has 3 nitrogen and oxygen atoms in total. The van der Waals surface area contributed by atoms with Crippen LogP contribution in [0, 0.1) is 21.8 Å². The van der Waals surface area contributed by atoms with E-state index in [1.807, 2.05) is 0 Å². The van der Waals surface area contributed by atoms with Gasteiger partial charge in [0.15, 0.2) is 0 Å². The fourth-order valence-corrected chi connectivity index (χ4v) is 2.49. The van der Waals surface area contributed by atoms with Crippen LogP contribution in [0.4, 0.5) is 13.2 Å². The Morgan fingerprint density at radius 3 is 2.48 bits per heavy atom. The third kappa shape index (κ3) is 3.10. The molecule has 1 heterocycles. The number of hydrogen-bond donors (Lipinski definition) is 1. The summed E-state index contributed by atoms with van der Waals surface area (Å²) in [5.74, 6) is 0. The molecule has 108 valence electrons. The highest BCUT2D eigenvalue weighted by molar-refractivity contribution is 14.1. The zero-order chi connectivity index (χ0) is 15.8. The number of benzene rings is 1. The van der Waals surface area contributed by atoms with E-state index in [0.717, 1.165) is 6.07 Å². The summed E-state index contributed by atoms with van der Waals surface area (Å²) in [5.41, 5.74) is -1.68. The maximum absolute atomic E-state index is 13.2. The third-order valence-electron chi connectivity index (χ3n) is 2.86. The molecule has 0 saturated heterocycles. The normalized spacial score (nSPS) is 11.2. The lowest BCUT2D eigenvalue weighted by Gasteiger charge is -2.14. The van der Waals surface area contributed by atoms with Crippen molar-refractivity contribution in [1.82, 2.24) is 4.98 Å². The number of pyridine rings is 1. The third-order valence-corrected chi connectivity index (χ3v) is 3.53. The van der Waals surface area contributed by atoms with E-state index in [1.54, 1.807) is 35.6 Å². The van der Waals surface area contributed by atoms with Gasteiger partial charge >= 0.3 is 6.18 Å². The first-order chi connectivity index (χ1) is 9.74. The van der Waals surface area contributed by atoms with Crippen LogP contribution in [0.3, 0.4) is 0 Å². The van der Waals surface area contributed by atoms with Crippen LogP contribution in [0.5, 0.6) is 0 Å². The van der Waals surface area contributed by atoms with Crippen molar-refractivity contribution in [3.63, 3.8) is 0 Å². The molecule has 0 bridgehead atoms. The second-order valence-electron chi connectivity index (χ2n) is 4.37. The number of halogens is 4. The van der Waals surface area contributed by atoms with Crippen molar-refractivity contribution in [3.8, 4) is 17.2 Å². The minimum absolute atomic E-state index is 0.0116. The number of alkyl halides is 3. The summed E-state index contributed by atoms with van der Waals surface area (Å²) in [4.78, 5) is 14.1. The predicted molar refractivity (Wildman–Crippen MR) is 79.7 cm³/mol. The van der Waals surface area contributed by atoms with Crippen LogP contribution in [0.1, 0.15) is 16.8 Å². The topological polar surface area (TPSA) is 56.6 Å². The highest BCUT2D eigenvalue weighted by Crippen LogP contribution is 2.38. The van der Waals surface area contributed by atoms with Crippen LogP contribution < -0.4 is 5.56 Å². The Morgan fingerprint density at radius 1 is 1.24 bits per heavy atom. The minimum atomic E-state index is -4.57. The van der Waals surface area contributed by atoms with E-state index in [4.69, 9.17) is 5.26 Å². The number of aromatic amines is 1. The Bertz CT molecular complexity index is 803. The summed E-state index contributed by atoms with van der Waals surface area (Å²) < 4.78 is 40.0. The predicted octanol–water partition coefficient (Wildman–Crippen LogP) is 3.85. The number of rotatable bonds is 1. The first-order valence-corrected chi connectivity index (χ1v) is 6.83. The molecule has 0 radical (unpaired) electrons. The molecule has 2 aromatic rings. The van der Waals surface area contributed by atoms with E-state index >= 15 is 0 Å². The molecule has 0 aliphatic rings. The summed E-state index contributed by atoms with van der Waals surface area (Å²) in [6, 6.07) is 6.82. The van der Waals surface area contributed by atoms with Gasteiger partial charge in [0.1, 0.15) is 11.6 Å². The molecule has 0 fully saturated rings. The molecule has 0 atom stereocenters. The fourth-order valence-electron chi connectivity index (χ4n) is 2.00. The highest BCUT2D eigenvalue weighted by Gasteiger charge is 2.34. The second-order valence-corrected chi connectivity index (χ2v) is 5.62. The number of nitrogens with one attached hydrogen (secondary N) is 1. The van der Waals surface area contributed by atoms with Crippen LogP contribution in [0.2, 0.25) is 0 Å². The largest absolute Gasteiger partial charge is 0.417 e. The smallest absolute Gasteiger partial charge is 0.325 e. The SMILES string of the molecule is Cc1cc(-c2ccc(I)cc2C(F)(F)F)c(C#N)c(=O)[nH]1. The number of nitriles is 1. The highest BCUT2D eigenvalue weighted by atomic mass is 127. The quantitative estimate of drug-likeness (QED) is 0.735. The van der Waals surface area contributed by atoms with E-state index in [1.165, 1.54) is 18.2 Å². The van der Waals surface area contributed by atoms with Crippen molar-refractivity contribution in [2.75, 3.05) is 0 Å². The Labute approximate surface area is 131 Å². The maximum atomic E-state index is 13.2. The zero-order valence-electron chi connectivity index (χ0n) is 10.7. The number of aromatic nitrogens is 1. The number of hydrogen-bond acceptors (Lipinski definition) is 2. The molecule has 7 heteroatoms. The Kier molecular flexibility index (Phi) is 4.09. The number of H-pyrrole nitrogens is 1. The van der Waals surface area contributed by atoms with Crippen molar-refractivity contribution < 1.29 is 13.2 Å². The van der Waals surface area contributed by atoms with Crippen molar-refractivity contribution in [1.29, 1.82) is 5.26 Å². The molecular weight excluding hydrogens is 396 g/mol. The van der Waals surface area contributed by atoms with Gasteiger partial charge in [-0.3, -0.25) is 4.79 Å². The molecule has 1 N–H and O–H groups in total. The van der Waals surface area contributed by atoms with E-state index in [-0.39, 0.29) is 16.7 Å². The number of aryl methyl sites for hydroxylation is 1. The van der Waals surface area contributed by atoms with Crippen molar-refractivity contribution in [2.45, 2.75) is 13.1 Å². The second kappa shape index (κ2) is 5.52. The average molecular weight is 404 g/mol. The van der Waals surface area contributed by atoms with E-state index < -0.39 is 17.3 Å². The van der Waals surface area contributed by atoms with Crippen LogP contribution >= 0.6 is 22.6 Å². The molecule has 0 aliphatic carbocycles. The molecule has 2 rings (SSSR count). The molecule has 0 amide bonds. The van der Waals surface area contributed by atoms with Gasteiger partial charge in [-0.15, -0.1) is 0 Å². The van der Waals surface area contributed by atoms with Gasteiger partial charge in [0.2, 0.25) is 0 Å².